The number of aryl methyl sites for hydroxylation is 1. The van der Waals surface area contributed by atoms with Crippen LogP contribution in [-0.4, -0.2) is 41.7 Å². The van der Waals surface area contributed by atoms with Crippen LogP contribution in [0.5, 0.6) is 11.6 Å². The fraction of sp³-hybridized carbons (Fsp3) is 0.136. The Morgan fingerprint density at radius 2 is 1.71 bits per heavy atom. The Labute approximate surface area is 177 Å². The van der Waals surface area contributed by atoms with Gasteiger partial charge in [0.2, 0.25) is 5.88 Å². The highest BCUT2D eigenvalue weighted by Gasteiger charge is 2.17. The summed E-state index contributed by atoms with van der Waals surface area (Å²) < 4.78 is 14.6. The van der Waals surface area contributed by atoms with Crippen LogP contribution in [0.4, 0.5) is 0 Å². The minimum absolute atomic E-state index is 0.194. The summed E-state index contributed by atoms with van der Waals surface area (Å²) >= 11 is 0. The number of ether oxygens (including phenoxy) is 2. The lowest BCUT2D eigenvalue weighted by Crippen LogP contribution is -2.05. The van der Waals surface area contributed by atoms with Gasteiger partial charge in [-0.05, 0) is 35.9 Å². The SMILES string of the molecule is COc1ccc(-c2nnc3cc(-c4ccccc4)c(OCc4ncn(C)n4)nn23)cc1. The Morgan fingerprint density at radius 1 is 0.903 bits per heavy atom. The van der Waals surface area contributed by atoms with Crippen LogP contribution in [0.1, 0.15) is 5.82 Å². The van der Waals surface area contributed by atoms with E-state index in [1.807, 2.05) is 67.7 Å². The van der Waals surface area contributed by atoms with Crippen molar-refractivity contribution in [3.8, 4) is 34.1 Å². The first-order valence-corrected chi connectivity index (χ1v) is 9.65. The van der Waals surface area contributed by atoms with Crippen molar-refractivity contribution in [2.45, 2.75) is 6.61 Å². The van der Waals surface area contributed by atoms with Crippen molar-refractivity contribution in [3.63, 3.8) is 0 Å². The molecule has 0 radical (unpaired) electrons. The van der Waals surface area contributed by atoms with E-state index in [1.54, 1.807) is 22.6 Å². The van der Waals surface area contributed by atoms with E-state index < -0.39 is 0 Å². The molecule has 2 aromatic carbocycles. The number of methoxy groups -OCH3 is 1. The number of fused-ring (bicyclic) bond motifs is 1. The lowest BCUT2D eigenvalue weighted by molar-refractivity contribution is 0.281. The molecule has 0 fully saturated rings. The van der Waals surface area contributed by atoms with E-state index in [1.165, 1.54) is 0 Å². The van der Waals surface area contributed by atoms with Crippen LogP contribution in [0, 0.1) is 0 Å². The highest BCUT2D eigenvalue weighted by Crippen LogP contribution is 2.31. The third-order valence-electron chi connectivity index (χ3n) is 4.78. The summed E-state index contributed by atoms with van der Waals surface area (Å²) in [6.07, 6.45) is 1.63. The summed E-state index contributed by atoms with van der Waals surface area (Å²) in [4.78, 5) is 4.22. The van der Waals surface area contributed by atoms with Crippen LogP contribution >= 0.6 is 0 Å². The van der Waals surface area contributed by atoms with Gasteiger partial charge in [0.05, 0.1) is 7.11 Å². The van der Waals surface area contributed by atoms with Crippen molar-refractivity contribution >= 4 is 5.65 Å². The first kappa shape index (κ1) is 18.7. The third-order valence-corrected chi connectivity index (χ3v) is 4.78. The molecule has 0 unspecified atom stereocenters. The molecule has 0 amide bonds. The second-order valence-corrected chi connectivity index (χ2v) is 6.87. The van der Waals surface area contributed by atoms with E-state index in [-0.39, 0.29) is 6.61 Å². The van der Waals surface area contributed by atoms with Crippen molar-refractivity contribution in [3.05, 3.63) is 72.8 Å². The Morgan fingerprint density at radius 3 is 2.42 bits per heavy atom. The Balaban J connectivity index is 1.59. The average Bonchev–Trinajstić information content (AvgIpc) is 3.43. The molecule has 0 atom stereocenters. The molecule has 5 aromatic rings. The van der Waals surface area contributed by atoms with Crippen LogP contribution in [-0.2, 0) is 13.7 Å². The van der Waals surface area contributed by atoms with Crippen molar-refractivity contribution < 1.29 is 9.47 Å². The maximum Gasteiger partial charge on any atom is 0.240 e. The van der Waals surface area contributed by atoms with Crippen LogP contribution in [0.15, 0.2) is 67.0 Å². The van der Waals surface area contributed by atoms with E-state index in [2.05, 4.69) is 20.3 Å². The number of rotatable bonds is 6. The second kappa shape index (κ2) is 7.86. The molecule has 9 nitrogen and oxygen atoms in total. The van der Waals surface area contributed by atoms with Gasteiger partial charge in [-0.15, -0.1) is 15.3 Å². The highest BCUT2D eigenvalue weighted by molar-refractivity contribution is 5.73. The summed E-state index contributed by atoms with van der Waals surface area (Å²) in [5.41, 5.74) is 3.27. The van der Waals surface area contributed by atoms with Gasteiger partial charge in [-0.25, -0.2) is 4.98 Å². The Hall–Kier alpha value is -4.27. The fourth-order valence-electron chi connectivity index (χ4n) is 3.25. The summed E-state index contributed by atoms with van der Waals surface area (Å²) in [6.45, 7) is 0.194. The molecule has 0 spiro atoms. The zero-order valence-electron chi connectivity index (χ0n) is 17.0. The van der Waals surface area contributed by atoms with E-state index in [4.69, 9.17) is 14.6 Å². The summed E-state index contributed by atoms with van der Waals surface area (Å²) in [6, 6.07) is 19.4. The Bertz CT molecular complexity index is 1330. The maximum absolute atomic E-state index is 6.05. The standard InChI is InChI=1S/C22H19N7O2/c1-28-14-23-19(26-28)13-31-22-18(15-6-4-3-5-7-15)12-20-24-25-21(29(20)27-22)16-8-10-17(30-2)11-9-16/h3-12,14H,13H2,1-2H3. The molecule has 0 saturated heterocycles. The molecule has 0 aliphatic heterocycles. The topological polar surface area (TPSA) is 92.3 Å². The van der Waals surface area contributed by atoms with Crippen molar-refractivity contribution in [2.24, 2.45) is 7.05 Å². The van der Waals surface area contributed by atoms with Crippen LogP contribution in [0.3, 0.4) is 0 Å². The number of benzene rings is 2. The first-order valence-electron chi connectivity index (χ1n) is 9.65. The molecule has 0 aliphatic rings. The summed E-state index contributed by atoms with van der Waals surface area (Å²) in [5, 5.41) is 17.7. The molecule has 0 bridgehead atoms. The molecule has 5 rings (SSSR count). The van der Waals surface area contributed by atoms with Crippen molar-refractivity contribution in [1.82, 2.24) is 34.6 Å². The molecular weight excluding hydrogens is 394 g/mol. The van der Waals surface area contributed by atoms with Crippen LogP contribution in [0.2, 0.25) is 0 Å². The lowest BCUT2D eigenvalue weighted by atomic mass is 10.1. The molecule has 3 aromatic heterocycles. The monoisotopic (exact) mass is 413 g/mol. The van der Waals surface area contributed by atoms with Gasteiger partial charge in [0.1, 0.15) is 12.1 Å². The predicted octanol–water partition coefficient (Wildman–Crippen LogP) is 3.17. The van der Waals surface area contributed by atoms with Gasteiger partial charge in [0.15, 0.2) is 23.9 Å². The van der Waals surface area contributed by atoms with Crippen molar-refractivity contribution in [2.75, 3.05) is 7.11 Å². The number of hydrogen-bond donors (Lipinski definition) is 0. The molecular formula is C22H19N7O2. The zero-order chi connectivity index (χ0) is 21.2. The lowest BCUT2D eigenvalue weighted by Gasteiger charge is -2.11. The summed E-state index contributed by atoms with van der Waals surface area (Å²) in [7, 11) is 3.45. The first-order chi connectivity index (χ1) is 15.2. The van der Waals surface area contributed by atoms with Gasteiger partial charge in [0, 0.05) is 18.2 Å². The third kappa shape index (κ3) is 3.68. The van der Waals surface area contributed by atoms with E-state index >= 15 is 0 Å². The molecule has 154 valence electrons. The van der Waals surface area contributed by atoms with Gasteiger partial charge in [-0.3, -0.25) is 4.68 Å². The largest absolute Gasteiger partial charge is 0.497 e. The molecule has 3 heterocycles. The summed E-state index contributed by atoms with van der Waals surface area (Å²) in [5.74, 6) is 2.39. The normalized spacial score (nSPS) is 11.0. The fourth-order valence-corrected chi connectivity index (χ4v) is 3.25. The quantitative estimate of drug-likeness (QED) is 0.422. The zero-order valence-corrected chi connectivity index (χ0v) is 17.0. The smallest absolute Gasteiger partial charge is 0.240 e. The predicted molar refractivity (Wildman–Crippen MR) is 114 cm³/mol. The van der Waals surface area contributed by atoms with Gasteiger partial charge in [0.25, 0.3) is 0 Å². The molecule has 0 saturated carbocycles. The number of aromatic nitrogens is 7. The average molecular weight is 413 g/mol. The molecule has 0 N–H and O–H groups in total. The van der Waals surface area contributed by atoms with Crippen LogP contribution in [0.25, 0.3) is 28.2 Å². The maximum atomic E-state index is 6.05. The van der Waals surface area contributed by atoms with Gasteiger partial charge >= 0.3 is 0 Å². The second-order valence-electron chi connectivity index (χ2n) is 6.87. The van der Waals surface area contributed by atoms with Gasteiger partial charge in [-0.1, -0.05) is 30.3 Å². The molecule has 0 aliphatic carbocycles. The minimum Gasteiger partial charge on any atom is -0.497 e. The Kier molecular flexibility index (Phi) is 4.75. The van der Waals surface area contributed by atoms with E-state index in [0.717, 1.165) is 22.4 Å². The minimum atomic E-state index is 0.194. The highest BCUT2D eigenvalue weighted by atomic mass is 16.5. The van der Waals surface area contributed by atoms with E-state index in [0.29, 0.717) is 23.2 Å². The van der Waals surface area contributed by atoms with Crippen molar-refractivity contribution in [1.29, 1.82) is 0 Å². The van der Waals surface area contributed by atoms with E-state index in [9.17, 15) is 0 Å². The van der Waals surface area contributed by atoms with Gasteiger partial charge < -0.3 is 9.47 Å². The molecule has 9 heteroatoms. The molecule has 31 heavy (non-hydrogen) atoms. The van der Waals surface area contributed by atoms with Gasteiger partial charge in [-0.2, -0.15) is 9.61 Å². The number of hydrogen-bond acceptors (Lipinski definition) is 7. The number of nitrogens with zero attached hydrogens (tertiary/aromatic N) is 7. The van der Waals surface area contributed by atoms with Crippen LogP contribution < -0.4 is 9.47 Å².